The summed E-state index contributed by atoms with van der Waals surface area (Å²) in [6, 6.07) is 0. The topological polar surface area (TPSA) is 21.7 Å². The fourth-order valence-corrected chi connectivity index (χ4v) is 0.834. The maximum Gasteiger partial charge on any atom is 0.101 e. The molecule has 0 radical (unpaired) electrons. The highest BCUT2D eigenvalue weighted by Gasteiger charge is 2.05. The van der Waals surface area contributed by atoms with E-state index in [9.17, 15) is 0 Å². The molecule has 0 atom stereocenters. The Bertz CT molecular complexity index is 134. The van der Waals surface area contributed by atoms with Gasteiger partial charge in [0.05, 0.1) is 12.2 Å². The first-order chi connectivity index (χ1) is 6.56. The molecule has 0 amide bonds. The predicted octanol–water partition coefficient (Wildman–Crippen LogP) is 2.24. The van der Waals surface area contributed by atoms with E-state index in [4.69, 9.17) is 9.47 Å². The van der Waals surface area contributed by atoms with Gasteiger partial charge in [0, 0.05) is 6.54 Å². The van der Waals surface area contributed by atoms with E-state index in [0.29, 0.717) is 13.5 Å². The van der Waals surface area contributed by atoms with Gasteiger partial charge in [-0.15, -0.1) is 6.58 Å². The summed E-state index contributed by atoms with van der Waals surface area (Å²) in [6.07, 6.45) is 2.36. The number of ether oxygens (including phenoxy) is 2. The summed E-state index contributed by atoms with van der Waals surface area (Å²) in [7, 11) is 0. The van der Waals surface area contributed by atoms with Gasteiger partial charge in [0.2, 0.25) is 0 Å². The van der Waals surface area contributed by atoms with Gasteiger partial charge < -0.3 is 9.47 Å². The molecule has 0 saturated heterocycles. The van der Waals surface area contributed by atoms with Crippen LogP contribution in [0.15, 0.2) is 12.7 Å². The van der Waals surface area contributed by atoms with Crippen molar-refractivity contribution >= 4 is 0 Å². The zero-order chi connectivity index (χ0) is 11.0. The Labute approximate surface area is 87.7 Å². The number of hydrogen-bond donors (Lipinski definition) is 0. The Morgan fingerprint density at radius 1 is 1.07 bits per heavy atom. The summed E-state index contributed by atoms with van der Waals surface area (Å²) < 4.78 is 11.0. The van der Waals surface area contributed by atoms with Crippen LogP contribution in [0.3, 0.4) is 0 Å². The van der Waals surface area contributed by atoms with Crippen LogP contribution in [0.25, 0.3) is 0 Å². The second kappa shape index (κ2) is 7.97. The van der Waals surface area contributed by atoms with Gasteiger partial charge in [-0.05, 0) is 27.7 Å². The predicted molar refractivity (Wildman–Crippen MR) is 59.1 cm³/mol. The molecule has 0 spiro atoms. The van der Waals surface area contributed by atoms with E-state index in [1.807, 2.05) is 33.8 Å². The van der Waals surface area contributed by atoms with Crippen molar-refractivity contribution in [1.82, 2.24) is 4.90 Å². The molecule has 0 heterocycles. The molecule has 0 aromatic heterocycles. The standard InChI is InChI=1S/C11H23NO2/c1-6-7-12(8-13-10(2)3)9-14-11(4)5/h6,10-11H,1,7-9H2,2-5H3. The summed E-state index contributed by atoms with van der Waals surface area (Å²) in [5.41, 5.74) is 0. The van der Waals surface area contributed by atoms with E-state index in [1.54, 1.807) is 0 Å². The molecule has 0 saturated carbocycles. The highest BCUT2D eigenvalue weighted by molar-refractivity contribution is 4.70. The van der Waals surface area contributed by atoms with Crippen molar-refractivity contribution in [3.63, 3.8) is 0 Å². The van der Waals surface area contributed by atoms with Gasteiger partial charge in [-0.1, -0.05) is 6.08 Å². The van der Waals surface area contributed by atoms with E-state index in [2.05, 4.69) is 11.5 Å². The van der Waals surface area contributed by atoms with E-state index in [0.717, 1.165) is 6.54 Å². The second-order valence-electron chi connectivity index (χ2n) is 3.83. The Morgan fingerprint density at radius 3 is 1.79 bits per heavy atom. The van der Waals surface area contributed by atoms with Crippen molar-refractivity contribution in [1.29, 1.82) is 0 Å². The van der Waals surface area contributed by atoms with Crippen LogP contribution in [0, 0.1) is 0 Å². The monoisotopic (exact) mass is 201 g/mol. The molecule has 0 aromatic carbocycles. The largest absolute Gasteiger partial charge is 0.363 e. The molecular formula is C11H23NO2. The molecule has 3 heteroatoms. The summed E-state index contributed by atoms with van der Waals surface area (Å²) in [5.74, 6) is 0. The van der Waals surface area contributed by atoms with Crippen molar-refractivity contribution in [2.24, 2.45) is 0 Å². The van der Waals surface area contributed by atoms with Crippen molar-refractivity contribution in [3.8, 4) is 0 Å². The van der Waals surface area contributed by atoms with Crippen LogP contribution in [-0.2, 0) is 9.47 Å². The molecule has 0 aromatic rings. The highest BCUT2D eigenvalue weighted by Crippen LogP contribution is 1.97. The summed E-state index contributed by atoms with van der Waals surface area (Å²) in [5, 5.41) is 0. The SMILES string of the molecule is C=CCN(COC(C)C)COC(C)C. The summed E-state index contributed by atoms with van der Waals surface area (Å²) >= 11 is 0. The molecule has 84 valence electrons. The third-order valence-electron chi connectivity index (χ3n) is 1.57. The molecule has 0 unspecified atom stereocenters. The van der Waals surface area contributed by atoms with Crippen LogP contribution >= 0.6 is 0 Å². The van der Waals surface area contributed by atoms with Gasteiger partial charge in [-0.2, -0.15) is 0 Å². The van der Waals surface area contributed by atoms with Crippen molar-refractivity contribution < 1.29 is 9.47 Å². The number of rotatable bonds is 8. The van der Waals surface area contributed by atoms with Crippen molar-refractivity contribution in [2.45, 2.75) is 39.9 Å². The molecule has 0 aliphatic heterocycles. The molecule has 0 fully saturated rings. The summed E-state index contributed by atoms with van der Waals surface area (Å²) in [6.45, 7) is 13.8. The normalized spacial score (nSPS) is 11.6. The first kappa shape index (κ1) is 13.6. The first-order valence-electron chi connectivity index (χ1n) is 5.12. The Morgan fingerprint density at radius 2 is 1.50 bits per heavy atom. The third kappa shape index (κ3) is 8.23. The first-order valence-corrected chi connectivity index (χ1v) is 5.12. The zero-order valence-electron chi connectivity index (χ0n) is 9.82. The van der Waals surface area contributed by atoms with E-state index in [1.165, 1.54) is 0 Å². The number of hydrogen-bond acceptors (Lipinski definition) is 3. The second-order valence-corrected chi connectivity index (χ2v) is 3.83. The minimum atomic E-state index is 0.251. The fraction of sp³-hybridized carbons (Fsp3) is 0.818. The molecule has 0 bridgehead atoms. The Hall–Kier alpha value is -0.380. The molecule has 3 nitrogen and oxygen atoms in total. The zero-order valence-corrected chi connectivity index (χ0v) is 9.82. The van der Waals surface area contributed by atoms with Crippen molar-refractivity contribution in [3.05, 3.63) is 12.7 Å². The van der Waals surface area contributed by atoms with Gasteiger partial charge >= 0.3 is 0 Å². The maximum absolute atomic E-state index is 5.49. The van der Waals surface area contributed by atoms with E-state index < -0.39 is 0 Å². The van der Waals surface area contributed by atoms with E-state index in [-0.39, 0.29) is 12.2 Å². The molecular weight excluding hydrogens is 178 g/mol. The molecule has 0 aliphatic carbocycles. The third-order valence-corrected chi connectivity index (χ3v) is 1.57. The smallest absolute Gasteiger partial charge is 0.101 e. The molecule has 14 heavy (non-hydrogen) atoms. The van der Waals surface area contributed by atoms with Gasteiger partial charge in [-0.3, -0.25) is 4.90 Å². The minimum absolute atomic E-state index is 0.251. The minimum Gasteiger partial charge on any atom is -0.363 e. The average Bonchev–Trinajstić information content (AvgIpc) is 2.09. The Balaban J connectivity index is 3.70. The molecule has 0 rings (SSSR count). The average molecular weight is 201 g/mol. The van der Waals surface area contributed by atoms with Crippen LogP contribution in [0.5, 0.6) is 0 Å². The maximum atomic E-state index is 5.49. The quantitative estimate of drug-likeness (QED) is 0.444. The van der Waals surface area contributed by atoms with Crippen LogP contribution in [-0.4, -0.2) is 37.1 Å². The van der Waals surface area contributed by atoms with Crippen LogP contribution < -0.4 is 0 Å². The molecule has 0 N–H and O–H groups in total. The van der Waals surface area contributed by atoms with E-state index >= 15 is 0 Å². The van der Waals surface area contributed by atoms with Crippen LogP contribution in [0.1, 0.15) is 27.7 Å². The van der Waals surface area contributed by atoms with Crippen LogP contribution in [0.2, 0.25) is 0 Å². The lowest BCUT2D eigenvalue weighted by Gasteiger charge is -2.22. The fourth-order valence-electron chi connectivity index (χ4n) is 0.834. The van der Waals surface area contributed by atoms with Gasteiger partial charge in [0.1, 0.15) is 13.5 Å². The lowest BCUT2D eigenvalue weighted by atomic mass is 10.5. The lowest BCUT2D eigenvalue weighted by molar-refractivity contribution is -0.0710. The van der Waals surface area contributed by atoms with Crippen molar-refractivity contribution in [2.75, 3.05) is 20.0 Å². The van der Waals surface area contributed by atoms with Gasteiger partial charge in [-0.25, -0.2) is 0 Å². The Kier molecular flexibility index (Phi) is 7.76. The number of nitrogens with zero attached hydrogens (tertiary/aromatic N) is 1. The summed E-state index contributed by atoms with van der Waals surface area (Å²) in [4.78, 5) is 2.06. The highest BCUT2D eigenvalue weighted by atomic mass is 16.5. The molecule has 0 aliphatic rings. The lowest BCUT2D eigenvalue weighted by Crippen LogP contribution is -2.31. The van der Waals surface area contributed by atoms with Gasteiger partial charge in [0.25, 0.3) is 0 Å². The van der Waals surface area contributed by atoms with Crippen LogP contribution in [0.4, 0.5) is 0 Å². The van der Waals surface area contributed by atoms with Gasteiger partial charge in [0.15, 0.2) is 0 Å².